The summed E-state index contributed by atoms with van der Waals surface area (Å²) in [6, 6.07) is 9.91. The zero-order valence-corrected chi connectivity index (χ0v) is 16.0. The summed E-state index contributed by atoms with van der Waals surface area (Å²) in [5, 5.41) is 14.1. The molecule has 130 valence electrons. The van der Waals surface area contributed by atoms with Crippen molar-refractivity contribution in [3.05, 3.63) is 28.6 Å². The van der Waals surface area contributed by atoms with Gasteiger partial charge < -0.3 is 10.2 Å². The molecule has 25 heavy (non-hydrogen) atoms. The van der Waals surface area contributed by atoms with Crippen LogP contribution in [0.2, 0.25) is 0 Å². The lowest BCUT2D eigenvalue weighted by atomic mass is 9.90. The fraction of sp³-hybridized carbons (Fsp3) is 0.476. The number of nitrogens with one attached hydrogen (secondary N) is 1. The Hall–Kier alpha value is -2.01. The molecule has 3 rings (SSSR count). The van der Waals surface area contributed by atoms with Crippen LogP contribution >= 0.6 is 11.3 Å². The molecule has 0 bridgehead atoms. The second-order valence-electron chi connectivity index (χ2n) is 6.92. The predicted molar refractivity (Wildman–Crippen MR) is 107 cm³/mol. The monoisotopic (exact) mass is 351 g/mol. The molecule has 1 aromatic carbocycles. The summed E-state index contributed by atoms with van der Waals surface area (Å²) in [7, 11) is 4.36. The van der Waals surface area contributed by atoms with Gasteiger partial charge in [0.2, 0.25) is 0 Å². The minimum Gasteiger partial charge on any atom is -0.381 e. The Morgan fingerprint density at radius 2 is 2.00 bits per heavy atom. The van der Waals surface area contributed by atoms with Crippen molar-refractivity contribution in [2.75, 3.05) is 19.4 Å². The third kappa shape index (κ3) is 3.82. The molecular weight excluding hydrogens is 326 g/mol. The molecule has 0 unspecified atom stereocenters. The Morgan fingerprint density at radius 1 is 1.24 bits per heavy atom. The first-order chi connectivity index (χ1) is 12.1. The number of nitrogens with zero attached hydrogens (tertiary/aromatic N) is 2. The molecule has 1 aliphatic rings. The van der Waals surface area contributed by atoms with E-state index in [0.29, 0.717) is 18.5 Å². The van der Waals surface area contributed by atoms with E-state index in [1.165, 1.54) is 41.5 Å². The minimum absolute atomic E-state index is 0.418. The molecule has 1 heterocycles. The van der Waals surface area contributed by atoms with E-state index in [4.69, 9.17) is 0 Å². The van der Waals surface area contributed by atoms with Crippen LogP contribution in [0.5, 0.6) is 0 Å². The topological polar surface area (TPSA) is 39.1 Å². The van der Waals surface area contributed by atoms with Crippen LogP contribution in [0, 0.1) is 23.2 Å². The molecule has 0 saturated heterocycles. The van der Waals surface area contributed by atoms with Crippen LogP contribution in [0.3, 0.4) is 0 Å². The van der Waals surface area contributed by atoms with Gasteiger partial charge >= 0.3 is 0 Å². The van der Waals surface area contributed by atoms with Crippen LogP contribution in [0.15, 0.2) is 18.2 Å². The van der Waals surface area contributed by atoms with E-state index < -0.39 is 0 Å². The Kier molecular flexibility index (Phi) is 5.63. The first-order valence-electron chi connectivity index (χ1n) is 8.91. The van der Waals surface area contributed by atoms with Gasteiger partial charge in [-0.15, -0.1) is 17.3 Å². The third-order valence-electron chi connectivity index (χ3n) is 5.10. The van der Waals surface area contributed by atoms with Crippen molar-refractivity contribution in [3.8, 4) is 17.9 Å². The number of hydrogen-bond donors (Lipinski definition) is 1. The number of thiophene rings is 1. The quantitative estimate of drug-likeness (QED) is 0.817. The van der Waals surface area contributed by atoms with Gasteiger partial charge in [-0.1, -0.05) is 18.1 Å². The van der Waals surface area contributed by atoms with Gasteiger partial charge in [-0.25, -0.2) is 0 Å². The lowest BCUT2D eigenvalue weighted by molar-refractivity contribution is 0.221. The van der Waals surface area contributed by atoms with Crippen LogP contribution in [0.1, 0.15) is 43.0 Å². The van der Waals surface area contributed by atoms with Crippen LogP contribution < -0.4 is 5.32 Å². The Morgan fingerprint density at radius 3 is 2.64 bits per heavy atom. The van der Waals surface area contributed by atoms with Crippen LogP contribution in [-0.2, 0) is 6.42 Å². The number of benzene rings is 1. The number of anilines is 1. The van der Waals surface area contributed by atoms with Crippen molar-refractivity contribution >= 4 is 27.1 Å². The molecule has 4 heteroatoms. The van der Waals surface area contributed by atoms with E-state index in [9.17, 15) is 5.26 Å². The number of hydrogen-bond acceptors (Lipinski definition) is 4. The molecule has 1 N–H and O–H groups in total. The molecule has 1 fully saturated rings. The summed E-state index contributed by atoms with van der Waals surface area (Å²) < 4.78 is 1.24. The fourth-order valence-electron chi connectivity index (χ4n) is 3.71. The number of nitriles is 1. The third-order valence-corrected chi connectivity index (χ3v) is 6.30. The van der Waals surface area contributed by atoms with Crippen molar-refractivity contribution in [1.29, 1.82) is 5.26 Å². The lowest BCUT2D eigenvalue weighted by Crippen LogP contribution is -2.36. The van der Waals surface area contributed by atoms with E-state index in [2.05, 4.69) is 60.4 Å². The van der Waals surface area contributed by atoms with E-state index >= 15 is 0 Å². The zero-order chi connectivity index (χ0) is 17.8. The summed E-state index contributed by atoms with van der Waals surface area (Å²) in [5.41, 5.74) is 2.27. The van der Waals surface area contributed by atoms with Crippen LogP contribution in [0.25, 0.3) is 10.1 Å². The summed E-state index contributed by atoms with van der Waals surface area (Å²) >= 11 is 1.71. The highest BCUT2D eigenvalue weighted by Gasteiger charge is 2.23. The Labute approximate surface area is 154 Å². The maximum atomic E-state index is 9.18. The second-order valence-corrected chi connectivity index (χ2v) is 7.94. The molecule has 2 aromatic rings. The lowest BCUT2D eigenvalue weighted by Gasteiger charge is -2.33. The highest BCUT2D eigenvalue weighted by atomic mass is 32.1. The molecule has 1 saturated carbocycles. The highest BCUT2D eigenvalue weighted by molar-refractivity contribution is 7.20. The van der Waals surface area contributed by atoms with Gasteiger partial charge in [-0.2, -0.15) is 5.26 Å². The largest absolute Gasteiger partial charge is 0.381 e. The molecule has 1 aromatic heterocycles. The zero-order valence-electron chi connectivity index (χ0n) is 15.2. The Balaban J connectivity index is 1.86. The van der Waals surface area contributed by atoms with Crippen LogP contribution in [-0.4, -0.2) is 31.1 Å². The van der Waals surface area contributed by atoms with Gasteiger partial charge in [0.1, 0.15) is 0 Å². The van der Waals surface area contributed by atoms with E-state index in [1.54, 1.807) is 11.3 Å². The number of fused-ring (bicyclic) bond motifs is 1. The van der Waals surface area contributed by atoms with Gasteiger partial charge in [-0.3, -0.25) is 0 Å². The SMILES string of the molecule is CC#Cc1sc2c(NC3CCC(N(C)C)CC3)cccc2c1CC#N. The average Bonchev–Trinajstić information content (AvgIpc) is 2.95. The van der Waals surface area contributed by atoms with Crippen molar-refractivity contribution in [3.63, 3.8) is 0 Å². The van der Waals surface area contributed by atoms with Gasteiger partial charge in [0, 0.05) is 23.0 Å². The smallest absolute Gasteiger partial charge is 0.0824 e. The maximum Gasteiger partial charge on any atom is 0.0824 e. The second kappa shape index (κ2) is 7.91. The van der Waals surface area contributed by atoms with Crippen molar-refractivity contribution < 1.29 is 0 Å². The summed E-state index contributed by atoms with van der Waals surface area (Å²) in [6.45, 7) is 1.85. The number of rotatable bonds is 4. The van der Waals surface area contributed by atoms with Crippen molar-refractivity contribution in [2.24, 2.45) is 0 Å². The van der Waals surface area contributed by atoms with Gasteiger partial charge in [-0.05, 0) is 52.8 Å². The fourth-order valence-corrected chi connectivity index (χ4v) is 4.91. The van der Waals surface area contributed by atoms with E-state index in [-0.39, 0.29) is 0 Å². The van der Waals surface area contributed by atoms with Gasteiger partial charge in [0.15, 0.2) is 0 Å². The summed E-state index contributed by atoms with van der Waals surface area (Å²) in [5.74, 6) is 6.17. The van der Waals surface area contributed by atoms with E-state index in [1.807, 2.05) is 6.92 Å². The standard InChI is InChI=1S/C21H25N3S/c1-4-6-20-17(13-14-22)18-7-5-8-19(21(18)25-20)23-15-9-11-16(12-10-15)24(2)3/h5,7-8,15-16,23H,9-13H2,1-3H3. The molecule has 0 aliphatic heterocycles. The predicted octanol–water partition coefficient (Wildman–Crippen LogP) is 4.62. The van der Waals surface area contributed by atoms with Crippen molar-refractivity contribution in [2.45, 2.75) is 51.1 Å². The molecule has 3 nitrogen and oxygen atoms in total. The minimum atomic E-state index is 0.418. The molecular formula is C21H25N3S. The molecule has 0 spiro atoms. The Bertz CT molecular complexity index is 840. The molecule has 0 amide bonds. The molecule has 0 atom stereocenters. The highest BCUT2D eigenvalue weighted by Crippen LogP contribution is 2.37. The van der Waals surface area contributed by atoms with Crippen LogP contribution in [0.4, 0.5) is 5.69 Å². The van der Waals surface area contributed by atoms with Gasteiger partial charge in [0.05, 0.1) is 27.8 Å². The normalized spacial score (nSPS) is 20.1. The average molecular weight is 352 g/mol. The van der Waals surface area contributed by atoms with Gasteiger partial charge in [0.25, 0.3) is 0 Å². The first kappa shape index (κ1) is 17.8. The summed E-state index contributed by atoms with van der Waals surface area (Å²) in [4.78, 5) is 3.38. The van der Waals surface area contributed by atoms with E-state index in [0.717, 1.165) is 10.4 Å². The van der Waals surface area contributed by atoms with Crippen molar-refractivity contribution in [1.82, 2.24) is 4.90 Å². The first-order valence-corrected chi connectivity index (χ1v) is 9.72. The summed E-state index contributed by atoms with van der Waals surface area (Å²) in [6.07, 6.45) is 5.32. The maximum absolute atomic E-state index is 9.18. The molecule has 1 aliphatic carbocycles. The molecule has 0 radical (unpaired) electrons.